The third kappa shape index (κ3) is 2.70. The molecule has 1 aliphatic carbocycles. The number of aromatic amines is 2. The van der Waals surface area contributed by atoms with Gasteiger partial charge in [-0.15, -0.1) is 0 Å². The third-order valence-electron chi connectivity index (χ3n) is 5.67. The molecule has 4 rings (SSSR count). The van der Waals surface area contributed by atoms with Crippen molar-refractivity contribution in [1.29, 1.82) is 0 Å². The van der Waals surface area contributed by atoms with E-state index in [4.69, 9.17) is 4.74 Å². The second-order valence-corrected chi connectivity index (χ2v) is 7.28. The van der Waals surface area contributed by atoms with Gasteiger partial charge in [-0.2, -0.15) is 5.10 Å². The van der Waals surface area contributed by atoms with Crippen LogP contribution in [0, 0.1) is 5.41 Å². The van der Waals surface area contributed by atoms with Crippen molar-refractivity contribution in [2.75, 3.05) is 27.2 Å². The Morgan fingerprint density at radius 1 is 1.46 bits per heavy atom. The summed E-state index contributed by atoms with van der Waals surface area (Å²) < 4.78 is 5.17. The van der Waals surface area contributed by atoms with Gasteiger partial charge in [-0.05, 0) is 18.9 Å². The van der Waals surface area contributed by atoms with E-state index in [0.717, 1.165) is 18.4 Å². The van der Waals surface area contributed by atoms with Crippen molar-refractivity contribution in [3.8, 4) is 0 Å². The molecular formula is C18H23N5O3. The van der Waals surface area contributed by atoms with E-state index in [0.29, 0.717) is 31.0 Å². The monoisotopic (exact) mass is 357 g/mol. The first-order valence-corrected chi connectivity index (χ1v) is 8.76. The summed E-state index contributed by atoms with van der Waals surface area (Å²) in [5.41, 5.74) is 2.00. The maximum absolute atomic E-state index is 13.0. The molecule has 2 amide bonds. The fraction of sp³-hybridized carbons (Fsp3) is 0.500. The smallest absolute Gasteiger partial charge is 0.270 e. The average molecular weight is 357 g/mol. The highest BCUT2D eigenvalue weighted by Crippen LogP contribution is 2.54. The van der Waals surface area contributed by atoms with Crippen molar-refractivity contribution >= 4 is 11.8 Å². The lowest BCUT2D eigenvalue weighted by atomic mass is 9.99. The van der Waals surface area contributed by atoms with Gasteiger partial charge in [0, 0.05) is 50.6 Å². The summed E-state index contributed by atoms with van der Waals surface area (Å²) in [6, 6.07) is 1.89. The van der Waals surface area contributed by atoms with E-state index in [1.807, 2.05) is 18.0 Å². The van der Waals surface area contributed by atoms with Crippen LogP contribution in [0.2, 0.25) is 0 Å². The lowest BCUT2D eigenvalue weighted by Gasteiger charge is -2.28. The molecule has 8 heteroatoms. The van der Waals surface area contributed by atoms with Crippen molar-refractivity contribution in [3.05, 3.63) is 41.5 Å². The van der Waals surface area contributed by atoms with Crippen LogP contribution in [0.4, 0.5) is 0 Å². The number of rotatable bonds is 5. The molecule has 0 bridgehead atoms. The van der Waals surface area contributed by atoms with E-state index in [-0.39, 0.29) is 23.3 Å². The molecule has 138 valence electrons. The van der Waals surface area contributed by atoms with Gasteiger partial charge < -0.3 is 19.5 Å². The number of likely N-dealkylation sites (N-methyl/N-ethyl adjacent to an activating group) is 1. The van der Waals surface area contributed by atoms with E-state index in [1.165, 1.54) is 6.20 Å². The summed E-state index contributed by atoms with van der Waals surface area (Å²) in [4.78, 5) is 32.4. The molecule has 0 aromatic carbocycles. The molecule has 1 saturated heterocycles. The number of aromatic nitrogens is 3. The lowest BCUT2D eigenvalue weighted by Crippen LogP contribution is -2.43. The zero-order valence-corrected chi connectivity index (χ0v) is 15.0. The number of ether oxygens (including phenoxy) is 1. The second-order valence-electron chi connectivity index (χ2n) is 7.28. The van der Waals surface area contributed by atoms with E-state index < -0.39 is 0 Å². The molecule has 1 atom stereocenters. The standard InChI is InChI=1S/C18H23N5O3/c1-22(16(24)13-7-20-21-8-13)14-9-23(11-18(14)4-5-18)17(25)15-12(10-26-2)3-6-19-15/h3,6-8,14,19H,4-5,9-11H2,1-2H3,(H,20,21). The Bertz CT molecular complexity index is 809. The Labute approximate surface area is 151 Å². The molecule has 2 fully saturated rings. The van der Waals surface area contributed by atoms with Crippen LogP contribution in [-0.2, 0) is 11.3 Å². The summed E-state index contributed by atoms with van der Waals surface area (Å²) >= 11 is 0. The van der Waals surface area contributed by atoms with Crippen LogP contribution in [0.15, 0.2) is 24.7 Å². The van der Waals surface area contributed by atoms with Crippen LogP contribution in [0.25, 0.3) is 0 Å². The molecule has 3 heterocycles. The van der Waals surface area contributed by atoms with Gasteiger partial charge in [0.2, 0.25) is 0 Å². The average Bonchev–Trinajstić information content (AvgIpc) is 3.06. The van der Waals surface area contributed by atoms with Gasteiger partial charge in [0.05, 0.1) is 24.4 Å². The quantitative estimate of drug-likeness (QED) is 0.842. The maximum Gasteiger partial charge on any atom is 0.270 e. The van der Waals surface area contributed by atoms with Gasteiger partial charge in [-0.3, -0.25) is 14.7 Å². The largest absolute Gasteiger partial charge is 0.380 e. The van der Waals surface area contributed by atoms with Crippen LogP contribution in [0.3, 0.4) is 0 Å². The molecular weight excluding hydrogens is 334 g/mol. The number of H-pyrrole nitrogens is 2. The molecule has 2 aliphatic rings. The number of carbonyl (C=O) groups is 2. The summed E-state index contributed by atoms with van der Waals surface area (Å²) in [5.74, 6) is -0.0933. The predicted molar refractivity (Wildman–Crippen MR) is 93.5 cm³/mol. The second kappa shape index (κ2) is 6.28. The van der Waals surface area contributed by atoms with Gasteiger partial charge in [0.1, 0.15) is 5.69 Å². The van der Waals surface area contributed by atoms with Gasteiger partial charge in [-0.25, -0.2) is 0 Å². The van der Waals surface area contributed by atoms with Crippen molar-refractivity contribution in [1.82, 2.24) is 25.0 Å². The normalized spacial score (nSPS) is 20.5. The van der Waals surface area contributed by atoms with Gasteiger partial charge >= 0.3 is 0 Å². The lowest BCUT2D eigenvalue weighted by molar-refractivity contribution is 0.0677. The Kier molecular flexibility index (Phi) is 4.07. The number of hydrogen-bond acceptors (Lipinski definition) is 4. The number of hydrogen-bond donors (Lipinski definition) is 2. The van der Waals surface area contributed by atoms with Crippen molar-refractivity contribution in [2.45, 2.75) is 25.5 Å². The van der Waals surface area contributed by atoms with Crippen molar-refractivity contribution in [3.63, 3.8) is 0 Å². The van der Waals surface area contributed by atoms with Gasteiger partial charge in [0.15, 0.2) is 0 Å². The van der Waals surface area contributed by atoms with Crippen LogP contribution in [0.1, 0.15) is 39.3 Å². The summed E-state index contributed by atoms with van der Waals surface area (Å²) in [6.07, 6.45) is 6.98. The van der Waals surface area contributed by atoms with Crippen LogP contribution in [0.5, 0.6) is 0 Å². The third-order valence-corrected chi connectivity index (χ3v) is 5.67. The molecule has 2 aromatic heterocycles. The fourth-order valence-corrected chi connectivity index (χ4v) is 4.04. The fourth-order valence-electron chi connectivity index (χ4n) is 4.04. The first kappa shape index (κ1) is 16.8. The zero-order valence-electron chi connectivity index (χ0n) is 15.0. The van der Waals surface area contributed by atoms with Crippen LogP contribution >= 0.6 is 0 Å². The number of carbonyl (C=O) groups excluding carboxylic acids is 2. The number of nitrogens with zero attached hydrogens (tertiary/aromatic N) is 3. The molecule has 1 unspecified atom stereocenters. The predicted octanol–water partition coefficient (Wildman–Crippen LogP) is 1.26. The minimum Gasteiger partial charge on any atom is -0.380 e. The van der Waals surface area contributed by atoms with Crippen LogP contribution in [-0.4, -0.2) is 70.1 Å². The van der Waals surface area contributed by atoms with E-state index in [9.17, 15) is 9.59 Å². The Balaban J connectivity index is 1.52. The highest BCUT2D eigenvalue weighted by Gasteiger charge is 2.58. The van der Waals surface area contributed by atoms with Gasteiger partial charge in [-0.1, -0.05) is 0 Å². The number of amides is 2. The van der Waals surface area contributed by atoms with Gasteiger partial charge in [0.25, 0.3) is 11.8 Å². The molecule has 26 heavy (non-hydrogen) atoms. The van der Waals surface area contributed by atoms with Crippen LogP contribution < -0.4 is 0 Å². The molecule has 1 saturated carbocycles. The number of nitrogens with one attached hydrogen (secondary N) is 2. The molecule has 2 N–H and O–H groups in total. The van der Waals surface area contributed by atoms with E-state index in [1.54, 1.807) is 24.4 Å². The number of methoxy groups -OCH3 is 1. The highest BCUT2D eigenvalue weighted by atomic mass is 16.5. The first-order chi connectivity index (χ1) is 12.6. The molecule has 1 spiro atoms. The molecule has 1 aliphatic heterocycles. The number of likely N-dealkylation sites (tertiary alicyclic amines) is 1. The van der Waals surface area contributed by atoms with E-state index >= 15 is 0 Å². The first-order valence-electron chi connectivity index (χ1n) is 8.76. The Hall–Kier alpha value is -2.61. The Morgan fingerprint density at radius 3 is 2.92 bits per heavy atom. The highest BCUT2D eigenvalue weighted by molar-refractivity contribution is 5.95. The topological polar surface area (TPSA) is 94.3 Å². The van der Waals surface area contributed by atoms with Crippen molar-refractivity contribution < 1.29 is 14.3 Å². The SMILES string of the molecule is COCc1cc[nH]c1C(=O)N1CC(N(C)C(=O)c2cn[nH]c2)C2(CC2)C1. The summed E-state index contributed by atoms with van der Waals surface area (Å²) in [6.45, 7) is 1.63. The summed E-state index contributed by atoms with van der Waals surface area (Å²) in [5, 5.41) is 6.53. The molecule has 0 radical (unpaired) electrons. The molecule has 8 nitrogen and oxygen atoms in total. The summed E-state index contributed by atoms with van der Waals surface area (Å²) in [7, 11) is 3.43. The minimum atomic E-state index is -0.0655. The Morgan fingerprint density at radius 2 is 2.27 bits per heavy atom. The molecule has 2 aromatic rings. The van der Waals surface area contributed by atoms with Crippen molar-refractivity contribution in [2.24, 2.45) is 5.41 Å². The zero-order chi connectivity index (χ0) is 18.3. The maximum atomic E-state index is 13.0. The van der Waals surface area contributed by atoms with E-state index in [2.05, 4.69) is 15.2 Å². The minimum absolute atomic E-state index is 0.0229.